The Balaban J connectivity index is 1.58. The predicted molar refractivity (Wildman–Crippen MR) is 128 cm³/mol. The molecular formula is C24H29F2N7O. The highest BCUT2D eigenvalue weighted by Gasteiger charge is 2.28. The fourth-order valence-electron chi connectivity index (χ4n) is 4.89. The molecule has 1 aromatic carbocycles. The van der Waals surface area contributed by atoms with Gasteiger partial charge in [-0.15, -0.1) is 5.10 Å². The van der Waals surface area contributed by atoms with Crippen molar-refractivity contribution in [1.29, 1.82) is 0 Å². The fourth-order valence-corrected chi connectivity index (χ4v) is 4.89. The second-order valence-electron chi connectivity index (χ2n) is 9.23. The van der Waals surface area contributed by atoms with Gasteiger partial charge < -0.3 is 19.5 Å². The van der Waals surface area contributed by atoms with E-state index >= 15 is 4.39 Å². The first-order valence-electron chi connectivity index (χ1n) is 11.5. The molecule has 180 valence electrons. The van der Waals surface area contributed by atoms with E-state index in [1.807, 2.05) is 49.4 Å². The van der Waals surface area contributed by atoms with E-state index in [1.54, 1.807) is 10.7 Å². The molecule has 1 aliphatic rings. The Bertz CT molecular complexity index is 1360. The summed E-state index contributed by atoms with van der Waals surface area (Å²) in [6.45, 7) is 7.13. The Morgan fingerprint density at radius 2 is 2.03 bits per heavy atom. The number of nitrogens with one attached hydrogen (secondary N) is 1. The maximum absolute atomic E-state index is 15.1. The van der Waals surface area contributed by atoms with Gasteiger partial charge in [0.1, 0.15) is 23.0 Å². The van der Waals surface area contributed by atoms with Gasteiger partial charge in [-0.1, -0.05) is 0 Å². The number of fused-ring (bicyclic) bond motifs is 2. The Kier molecular flexibility index (Phi) is 5.63. The highest BCUT2D eigenvalue weighted by atomic mass is 19.1. The molecule has 0 aliphatic carbocycles. The van der Waals surface area contributed by atoms with Gasteiger partial charge in [-0.3, -0.25) is 0 Å². The van der Waals surface area contributed by atoms with E-state index in [0.29, 0.717) is 41.4 Å². The zero-order valence-corrected chi connectivity index (χ0v) is 20.0. The van der Waals surface area contributed by atoms with Gasteiger partial charge in [0.2, 0.25) is 11.8 Å². The van der Waals surface area contributed by atoms with Crippen LogP contribution in [0.4, 0.5) is 14.7 Å². The van der Waals surface area contributed by atoms with Crippen molar-refractivity contribution < 1.29 is 13.5 Å². The van der Waals surface area contributed by atoms with Crippen LogP contribution in [0, 0.1) is 12.7 Å². The summed E-state index contributed by atoms with van der Waals surface area (Å²) < 4.78 is 38.8. The molecule has 0 spiro atoms. The van der Waals surface area contributed by atoms with Gasteiger partial charge in [0, 0.05) is 30.9 Å². The molecule has 1 N–H and O–H groups in total. The van der Waals surface area contributed by atoms with Gasteiger partial charge >= 0.3 is 0 Å². The van der Waals surface area contributed by atoms with Crippen LogP contribution in [0.15, 0.2) is 24.4 Å². The minimum Gasteiger partial charge on any atom is -0.479 e. The zero-order valence-electron chi connectivity index (χ0n) is 20.0. The van der Waals surface area contributed by atoms with Gasteiger partial charge in [-0.25, -0.2) is 18.3 Å². The molecule has 4 heterocycles. The van der Waals surface area contributed by atoms with Crippen molar-refractivity contribution in [2.45, 2.75) is 45.4 Å². The number of methoxy groups -OCH3 is 1. The summed E-state index contributed by atoms with van der Waals surface area (Å²) in [7, 11) is 3.43. The van der Waals surface area contributed by atoms with Crippen molar-refractivity contribution in [1.82, 2.24) is 29.0 Å². The number of nitrogens with zero attached hydrogens (tertiary/aromatic N) is 6. The monoisotopic (exact) mass is 469 g/mol. The number of aryl methyl sites for hydroxylation is 1. The van der Waals surface area contributed by atoms with Gasteiger partial charge in [0.05, 0.1) is 18.7 Å². The van der Waals surface area contributed by atoms with Crippen molar-refractivity contribution in [3.63, 3.8) is 0 Å². The molecule has 0 amide bonds. The average Bonchev–Trinajstić information content (AvgIpc) is 3.36. The third-order valence-corrected chi connectivity index (χ3v) is 6.48. The number of halogens is 2. The molecule has 0 bridgehead atoms. The van der Waals surface area contributed by atoms with Crippen LogP contribution in [-0.4, -0.2) is 68.5 Å². The maximum Gasteiger partial charge on any atom is 0.244 e. The third-order valence-electron chi connectivity index (χ3n) is 6.48. The van der Waals surface area contributed by atoms with E-state index in [2.05, 4.69) is 20.4 Å². The van der Waals surface area contributed by atoms with Crippen LogP contribution < -0.4 is 10.1 Å². The number of likely N-dealkylation sites (tertiary alicyclic amines) is 1. The van der Waals surface area contributed by atoms with Crippen molar-refractivity contribution in [2.24, 2.45) is 0 Å². The van der Waals surface area contributed by atoms with Crippen LogP contribution >= 0.6 is 0 Å². The van der Waals surface area contributed by atoms with Crippen LogP contribution in [0.25, 0.3) is 27.7 Å². The highest BCUT2D eigenvalue weighted by molar-refractivity contribution is 5.90. The zero-order chi connectivity index (χ0) is 24.1. The number of hydrogen-bond acceptors (Lipinski definition) is 6. The Morgan fingerprint density at radius 3 is 2.74 bits per heavy atom. The molecule has 5 rings (SSSR count). The second kappa shape index (κ2) is 8.50. The number of hydrogen-bond donors (Lipinski definition) is 1. The van der Waals surface area contributed by atoms with Crippen LogP contribution in [-0.2, 0) is 0 Å². The van der Waals surface area contributed by atoms with Crippen molar-refractivity contribution in [3.8, 4) is 17.0 Å². The summed E-state index contributed by atoms with van der Waals surface area (Å²) in [6, 6.07) is 5.03. The van der Waals surface area contributed by atoms with E-state index in [9.17, 15) is 4.39 Å². The lowest BCUT2D eigenvalue weighted by Gasteiger charge is -2.32. The molecule has 1 saturated heterocycles. The summed E-state index contributed by atoms with van der Waals surface area (Å²) in [5, 5.41) is 7.66. The Labute approximate surface area is 196 Å². The summed E-state index contributed by atoms with van der Waals surface area (Å²) in [6.07, 6.45) is 1.41. The van der Waals surface area contributed by atoms with E-state index in [4.69, 9.17) is 4.74 Å². The number of anilines is 1. The number of ether oxygens (including phenoxy) is 1. The molecule has 0 saturated carbocycles. The molecule has 8 nitrogen and oxygen atoms in total. The lowest BCUT2D eigenvalue weighted by atomic mass is 10.0. The average molecular weight is 470 g/mol. The first kappa shape index (κ1) is 22.5. The van der Waals surface area contributed by atoms with Gasteiger partial charge in [0.25, 0.3) is 0 Å². The number of alkyl halides is 1. The quantitative estimate of drug-likeness (QED) is 0.472. The number of imidazole rings is 1. The van der Waals surface area contributed by atoms with Crippen molar-refractivity contribution in [3.05, 3.63) is 36.0 Å². The summed E-state index contributed by atoms with van der Waals surface area (Å²) in [5.41, 5.74) is 3.11. The Hall–Kier alpha value is -3.27. The number of benzene rings is 1. The lowest BCUT2D eigenvalue weighted by molar-refractivity contribution is 0.149. The van der Waals surface area contributed by atoms with Crippen LogP contribution in [0.2, 0.25) is 0 Å². The summed E-state index contributed by atoms with van der Waals surface area (Å²) in [4.78, 5) is 10.9. The molecule has 0 radical (unpaired) electrons. The standard InChI is InChI=1S/C24H29F2N7O/c1-13(2)33-14(3)27-21-17(25)10-15(11-20(21)33)16-6-9-32-22(16)23(34-5)29-24(30-32)28-19-7-8-31(4)12-18(19)26/h6,9-11,13,18-19H,7-8,12H2,1-5H3,(H,28,30)/t18-,19+/m1/s1. The molecule has 1 fully saturated rings. The van der Waals surface area contributed by atoms with Crippen molar-refractivity contribution >= 4 is 22.5 Å². The third kappa shape index (κ3) is 3.75. The lowest BCUT2D eigenvalue weighted by Crippen LogP contribution is -2.46. The largest absolute Gasteiger partial charge is 0.479 e. The minimum atomic E-state index is -1.02. The topological polar surface area (TPSA) is 72.5 Å². The fraction of sp³-hybridized carbons (Fsp3) is 0.458. The molecule has 4 aromatic rings. The van der Waals surface area contributed by atoms with Gasteiger partial charge in [-0.05, 0) is 58.0 Å². The summed E-state index contributed by atoms with van der Waals surface area (Å²) >= 11 is 0. The normalized spacial score (nSPS) is 19.4. The van der Waals surface area contributed by atoms with E-state index in [-0.39, 0.29) is 17.9 Å². The van der Waals surface area contributed by atoms with Gasteiger partial charge in [0.15, 0.2) is 5.82 Å². The van der Waals surface area contributed by atoms with Crippen LogP contribution in [0.1, 0.15) is 32.1 Å². The smallest absolute Gasteiger partial charge is 0.244 e. The molecule has 3 aromatic heterocycles. The SMILES string of the molecule is COc1nc(N[C@H]2CCN(C)C[C@H]2F)nn2ccc(-c3cc(F)c4nc(C)n(C(C)C)c4c3)c12. The van der Waals surface area contributed by atoms with Crippen molar-refractivity contribution in [2.75, 3.05) is 32.6 Å². The summed E-state index contributed by atoms with van der Waals surface area (Å²) in [5.74, 6) is 0.997. The number of rotatable bonds is 5. The number of piperidine rings is 1. The first-order valence-corrected chi connectivity index (χ1v) is 11.5. The highest BCUT2D eigenvalue weighted by Crippen LogP contribution is 2.35. The minimum absolute atomic E-state index is 0.135. The molecule has 2 atom stereocenters. The first-order chi connectivity index (χ1) is 16.3. The molecule has 10 heteroatoms. The molecule has 0 unspecified atom stereocenters. The van der Waals surface area contributed by atoms with E-state index < -0.39 is 6.17 Å². The maximum atomic E-state index is 15.1. The molecular weight excluding hydrogens is 440 g/mol. The molecule has 34 heavy (non-hydrogen) atoms. The Morgan fingerprint density at radius 1 is 1.24 bits per heavy atom. The van der Waals surface area contributed by atoms with Crippen LogP contribution in [0.5, 0.6) is 5.88 Å². The van der Waals surface area contributed by atoms with Crippen LogP contribution in [0.3, 0.4) is 0 Å². The number of aromatic nitrogens is 5. The van der Waals surface area contributed by atoms with Gasteiger partial charge in [-0.2, -0.15) is 4.98 Å². The second-order valence-corrected chi connectivity index (χ2v) is 9.23. The predicted octanol–water partition coefficient (Wildman–Crippen LogP) is 4.24. The van der Waals surface area contributed by atoms with E-state index in [1.165, 1.54) is 13.2 Å². The van der Waals surface area contributed by atoms with E-state index in [0.717, 1.165) is 23.4 Å². The molecule has 1 aliphatic heterocycles.